The van der Waals surface area contributed by atoms with Gasteiger partial charge in [0.15, 0.2) is 0 Å². The van der Waals surface area contributed by atoms with E-state index in [4.69, 9.17) is 21.1 Å². The quantitative estimate of drug-likeness (QED) is 0.727. The van der Waals surface area contributed by atoms with Crippen LogP contribution in [0.4, 0.5) is 4.79 Å². The Morgan fingerprint density at radius 2 is 2.18 bits per heavy atom. The van der Waals surface area contributed by atoms with Crippen molar-refractivity contribution in [3.8, 4) is 0 Å². The van der Waals surface area contributed by atoms with Crippen molar-refractivity contribution in [2.45, 2.75) is 58.2 Å². The van der Waals surface area contributed by atoms with Gasteiger partial charge in [-0.2, -0.15) is 5.10 Å². The number of benzene rings is 1. The van der Waals surface area contributed by atoms with Crippen molar-refractivity contribution in [1.29, 1.82) is 0 Å². The fourth-order valence-corrected chi connectivity index (χ4v) is 4.40. The van der Waals surface area contributed by atoms with Gasteiger partial charge in [0, 0.05) is 24.3 Å². The molecule has 1 saturated carbocycles. The fraction of sp³-hybridized carbons (Fsp3) is 0.524. The van der Waals surface area contributed by atoms with Crippen LogP contribution in [0.25, 0.3) is 10.9 Å². The molecule has 0 saturated heterocycles. The molecule has 1 aromatic carbocycles. The van der Waals surface area contributed by atoms with Crippen molar-refractivity contribution in [1.82, 2.24) is 15.5 Å². The van der Waals surface area contributed by atoms with Crippen molar-refractivity contribution in [2.24, 2.45) is 5.92 Å². The molecular weight excluding hydrogens is 378 g/mol. The van der Waals surface area contributed by atoms with E-state index in [-0.39, 0.29) is 5.92 Å². The number of hydrogen-bond donors (Lipinski definition) is 2. The average Bonchev–Trinajstić information content (AvgIpc) is 3.00. The second-order valence-corrected chi connectivity index (χ2v) is 8.66. The molecule has 1 aliphatic carbocycles. The van der Waals surface area contributed by atoms with Gasteiger partial charge in [-0.05, 0) is 57.6 Å². The zero-order chi connectivity index (χ0) is 20.5. The number of aromatic nitrogens is 2. The Morgan fingerprint density at radius 3 is 2.86 bits per heavy atom. The molecule has 2 N–H and O–H groups in total. The zero-order valence-electron chi connectivity index (χ0n) is 17.1. The third kappa shape index (κ3) is 3.76. The van der Waals surface area contributed by atoms with Crippen LogP contribution < -0.4 is 5.32 Å². The van der Waals surface area contributed by atoms with Crippen LogP contribution in [0.15, 0.2) is 30.0 Å². The third-order valence-corrected chi connectivity index (χ3v) is 5.55. The van der Waals surface area contributed by atoms with E-state index >= 15 is 0 Å². The number of carbonyl (C=O) groups is 1. The summed E-state index contributed by atoms with van der Waals surface area (Å²) in [5, 5.41) is 11.3. The lowest BCUT2D eigenvalue weighted by Crippen LogP contribution is -2.42. The number of nitrogens with zero attached hydrogens (tertiary/aromatic N) is 1. The van der Waals surface area contributed by atoms with Gasteiger partial charge >= 0.3 is 6.09 Å². The monoisotopic (exact) mass is 405 g/mol. The molecule has 2 atom stereocenters. The molecule has 7 heteroatoms. The molecule has 2 aromatic rings. The lowest BCUT2D eigenvalue weighted by molar-refractivity contribution is -0.0422. The molecule has 1 aliphatic rings. The highest BCUT2D eigenvalue weighted by atomic mass is 35.5. The maximum atomic E-state index is 12.2. The Kier molecular flexibility index (Phi) is 5.73. The minimum atomic E-state index is -0.708. The fourth-order valence-electron chi connectivity index (χ4n) is 4.16. The highest BCUT2D eigenvalue weighted by molar-refractivity contribution is 6.34. The second kappa shape index (κ2) is 7.76. The molecule has 0 bridgehead atoms. The van der Waals surface area contributed by atoms with E-state index in [1.165, 1.54) is 0 Å². The first-order valence-electron chi connectivity index (χ1n) is 9.56. The number of ether oxygens (including phenoxy) is 2. The Hall–Kier alpha value is -2.05. The SMILES string of the molecule is COC1(c2cccc3n[nH]c(Cl)c23)/C(=C/NC(=O)OC(C)(C)C)CCCC1C. The number of H-pyrrole nitrogens is 1. The van der Waals surface area contributed by atoms with Crippen molar-refractivity contribution in [3.05, 3.63) is 40.7 Å². The molecular formula is C21H28ClN3O3. The predicted molar refractivity (Wildman–Crippen MR) is 110 cm³/mol. The number of carbonyl (C=O) groups excluding carboxylic acids is 1. The van der Waals surface area contributed by atoms with E-state index < -0.39 is 17.3 Å². The standard InChI is InChI=1S/C21H28ClN3O3/c1-13-8-6-9-14(12-23-19(26)28-20(2,3)4)21(13,27-5)15-10-7-11-16-17(15)18(22)25-24-16/h7,10-13H,6,8-9H2,1-5H3,(H,23,26)(H,24,25)/b14-12+. The summed E-state index contributed by atoms with van der Waals surface area (Å²) in [6.07, 6.45) is 4.08. The molecule has 152 valence electrons. The summed E-state index contributed by atoms with van der Waals surface area (Å²) in [5.41, 5.74) is 1.47. The number of rotatable bonds is 3. The van der Waals surface area contributed by atoms with Gasteiger partial charge in [-0.3, -0.25) is 10.4 Å². The number of nitrogens with one attached hydrogen (secondary N) is 2. The molecule has 1 fully saturated rings. The van der Waals surface area contributed by atoms with Crippen LogP contribution in [0.5, 0.6) is 0 Å². The van der Waals surface area contributed by atoms with Gasteiger partial charge in [0.25, 0.3) is 0 Å². The normalized spacial score (nSPS) is 24.5. The first kappa shape index (κ1) is 20.7. The topological polar surface area (TPSA) is 76.2 Å². The van der Waals surface area contributed by atoms with Crippen molar-refractivity contribution >= 4 is 28.6 Å². The minimum absolute atomic E-state index is 0.189. The van der Waals surface area contributed by atoms with Gasteiger partial charge in [0.2, 0.25) is 0 Å². The zero-order valence-corrected chi connectivity index (χ0v) is 17.8. The summed E-state index contributed by atoms with van der Waals surface area (Å²) >= 11 is 6.43. The number of hydrogen-bond acceptors (Lipinski definition) is 4. The number of aromatic amines is 1. The predicted octanol–water partition coefficient (Wildman–Crippen LogP) is 5.29. The van der Waals surface area contributed by atoms with Crippen molar-refractivity contribution < 1.29 is 14.3 Å². The van der Waals surface area contributed by atoms with Crippen LogP contribution in [0.2, 0.25) is 5.15 Å². The maximum absolute atomic E-state index is 12.2. The van der Waals surface area contributed by atoms with E-state index in [0.29, 0.717) is 5.15 Å². The third-order valence-electron chi connectivity index (χ3n) is 5.28. The van der Waals surface area contributed by atoms with Gasteiger partial charge in [0.1, 0.15) is 16.4 Å². The van der Waals surface area contributed by atoms with Gasteiger partial charge in [0.05, 0.1) is 5.52 Å². The molecule has 1 aromatic heterocycles. The summed E-state index contributed by atoms with van der Waals surface area (Å²) in [4.78, 5) is 12.2. The van der Waals surface area contributed by atoms with Gasteiger partial charge in [-0.25, -0.2) is 4.79 Å². The smallest absolute Gasteiger partial charge is 0.411 e. The van der Waals surface area contributed by atoms with Gasteiger partial charge in [-0.15, -0.1) is 0 Å². The van der Waals surface area contributed by atoms with E-state index in [1.807, 2.05) is 39.0 Å². The summed E-state index contributed by atoms with van der Waals surface area (Å²) < 4.78 is 11.6. The molecule has 0 spiro atoms. The van der Waals surface area contributed by atoms with Crippen LogP contribution in [0, 0.1) is 5.92 Å². The molecule has 1 amide bonds. The number of alkyl carbamates (subject to hydrolysis) is 1. The highest BCUT2D eigenvalue weighted by Crippen LogP contribution is 2.50. The summed E-state index contributed by atoms with van der Waals surface area (Å²) in [7, 11) is 1.70. The van der Waals surface area contributed by atoms with Crippen molar-refractivity contribution in [2.75, 3.05) is 7.11 Å². The Bertz CT molecular complexity index is 900. The van der Waals surface area contributed by atoms with Gasteiger partial charge < -0.3 is 9.47 Å². The maximum Gasteiger partial charge on any atom is 0.411 e. The van der Waals surface area contributed by atoms with E-state index in [0.717, 1.165) is 41.3 Å². The Balaban J connectivity index is 2.07. The molecule has 1 heterocycles. The number of halogens is 1. The number of amides is 1. The molecule has 6 nitrogen and oxygen atoms in total. The largest absolute Gasteiger partial charge is 0.444 e. The first-order valence-corrected chi connectivity index (χ1v) is 9.94. The molecule has 0 radical (unpaired) electrons. The van der Waals surface area contributed by atoms with E-state index in [1.54, 1.807) is 13.3 Å². The first-order chi connectivity index (χ1) is 13.2. The number of fused-ring (bicyclic) bond motifs is 1. The Labute approximate surface area is 170 Å². The Morgan fingerprint density at radius 1 is 1.43 bits per heavy atom. The summed E-state index contributed by atoms with van der Waals surface area (Å²) in [6, 6.07) is 5.90. The van der Waals surface area contributed by atoms with E-state index in [9.17, 15) is 4.79 Å². The van der Waals surface area contributed by atoms with Crippen molar-refractivity contribution in [3.63, 3.8) is 0 Å². The lowest BCUT2D eigenvalue weighted by atomic mass is 9.68. The van der Waals surface area contributed by atoms with Crippen LogP contribution in [-0.2, 0) is 15.1 Å². The van der Waals surface area contributed by atoms with E-state index in [2.05, 4.69) is 22.4 Å². The lowest BCUT2D eigenvalue weighted by Gasteiger charge is -2.44. The minimum Gasteiger partial charge on any atom is -0.444 e. The summed E-state index contributed by atoms with van der Waals surface area (Å²) in [6.45, 7) is 7.67. The van der Waals surface area contributed by atoms with Crippen LogP contribution in [-0.4, -0.2) is 29.0 Å². The molecule has 28 heavy (non-hydrogen) atoms. The molecule has 0 aliphatic heterocycles. The van der Waals surface area contributed by atoms with Gasteiger partial charge in [-0.1, -0.05) is 30.7 Å². The number of methoxy groups -OCH3 is 1. The van der Waals surface area contributed by atoms with Crippen LogP contribution in [0.3, 0.4) is 0 Å². The van der Waals surface area contributed by atoms with Crippen LogP contribution >= 0.6 is 11.6 Å². The molecule has 3 rings (SSSR count). The summed E-state index contributed by atoms with van der Waals surface area (Å²) in [5.74, 6) is 0.189. The molecule has 2 unspecified atom stereocenters. The average molecular weight is 406 g/mol. The van der Waals surface area contributed by atoms with Crippen LogP contribution in [0.1, 0.15) is 52.5 Å². The second-order valence-electron chi connectivity index (χ2n) is 8.29. The highest BCUT2D eigenvalue weighted by Gasteiger charge is 2.45.